The van der Waals surface area contributed by atoms with Gasteiger partial charge in [-0.3, -0.25) is 4.79 Å². The highest BCUT2D eigenvalue weighted by Crippen LogP contribution is 2.33. The zero-order chi connectivity index (χ0) is 20.5. The van der Waals surface area contributed by atoms with E-state index < -0.39 is 30.2 Å². The minimum absolute atomic E-state index is 0.254. The van der Waals surface area contributed by atoms with E-state index in [-0.39, 0.29) is 5.82 Å². The molecule has 0 bridgehead atoms. The Morgan fingerprint density at radius 1 is 1.07 bits per heavy atom. The summed E-state index contributed by atoms with van der Waals surface area (Å²) in [6, 6.07) is 18.1. The van der Waals surface area contributed by atoms with Crippen LogP contribution in [0, 0.1) is 5.82 Å². The number of carbonyl (C=O) groups excluding carboxylic acids is 1. The smallest absolute Gasteiger partial charge is 0.192 e. The topological polar surface area (TPSA) is 66.8 Å². The van der Waals surface area contributed by atoms with E-state index in [2.05, 4.69) is 0 Å². The molecule has 0 aliphatic carbocycles. The summed E-state index contributed by atoms with van der Waals surface area (Å²) in [5, 5.41) is 20.3. The summed E-state index contributed by atoms with van der Waals surface area (Å²) >= 11 is 1.64. The average molecular weight is 412 g/mol. The molecule has 1 aliphatic rings. The van der Waals surface area contributed by atoms with Gasteiger partial charge in [-0.1, -0.05) is 36.4 Å². The third kappa shape index (κ3) is 4.16. The van der Waals surface area contributed by atoms with Gasteiger partial charge in [-0.15, -0.1) is 11.3 Å². The second-order valence-corrected chi connectivity index (χ2v) is 8.40. The Labute approximate surface area is 172 Å². The van der Waals surface area contributed by atoms with Crippen LogP contribution in [0.15, 0.2) is 60.7 Å². The molecule has 4 nitrogen and oxygen atoms in total. The summed E-state index contributed by atoms with van der Waals surface area (Å²) in [5.41, 5.74) is 2.73. The fourth-order valence-corrected chi connectivity index (χ4v) is 4.59. The molecule has 2 N–H and O–H groups in total. The first-order valence-electron chi connectivity index (χ1n) is 9.41. The van der Waals surface area contributed by atoms with Gasteiger partial charge in [-0.05, 0) is 47.9 Å². The number of aliphatic hydroxyl groups is 2. The quantitative estimate of drug-likeness (QED) is 0.682. The summed E-state index contributed by atoms with van der Waals surface area (Å²) in [5.74, 6) is -0.757. The van der Waals surface area contributed by atoms with Crippen molar-refractivity contribution in [3.8, 4) is 10.4 Å². The van der Waals surface area contributed by atoms with E-state index in [1.165, 1.54) is 12.1 Å². The lowest BCUT2D eigenvalue weighted by Gasteiger charge is -2.35. The van der Waals surface area contributed by atoms with Crippen LogP contribution >= 0.6 is 11.3 Å². The van der Waals surface area contributed by atoms with Gasteiger partial charge in [0.15, 0.2) is 5.78 Å². The van der Waals surface area contributed by atoms with Crippen molar-refractivity contribution in [2.24, 2.45) is 0 Å². The number of carbonyl (C=O) groups is 1. The van der Waals surface area contributed by atoms with Crippen LogP contribution in [0.1, 0.15) is 29.0 Å². The van der Waals surface area contributed by atoms with Crippen LogP contribution in [0.3, 0.4) is 0 Å². The second-order valence-electron chi connectivity index (χ2n) is 7.23. The molecule has 3 aromatic rings. The minimum Gasteiger partial charge on any atom is -0.387 e. The lowest BCUT2D eigenvalue weighted by atomic mass is 9.91. The molecule has 0 saturated carbocycles. The van der Waals surface area contributed by atoms with E-state index in [4.69, 9.17) is 4.74 Å². The summed E-state index contributed by atoms with van der Waals surface area (Å²) in [6.45, 7) is 1.58. The number of rotatable bonds is 4. The van der Waals surface area contributed by atoms with Crippen LogP contribution in [0.25, 0.3) is 10.4 Å². The SMILES string of the molecule is CC1OC(c2cccc(Cc3ccc(-c4ccc(F)cc4)s3)c2)[C@H](O)C(O)C1=O. The largest absolute Gasteiger partial charge is 0.387 e. The van der Waals surface area contributed by atoms with Crippen molar-refractivity contribution in [1.29, 1.82) is 0 Å². The normalized spacial score (nSPS) is 24.6. The number of aliphatic hydroxyl groups excluding tert-OH is 2. The molecule has 6 heteroatoms. The zero-order valence-corrected chi connectivity index (χ0v) is 16.6. The van der Waals surface area contributed by atoms with Gasteiger partial charge < -0.3 is 14.9 Å². The highest BCUT2D eigenvalue weighted by Gasteiger charge is 2.42. The molecule has 4 atom stereocenters. The Morgan fingerprint density at radius 2 is 1.83 bits per heavy atom. The molecule has 2 heterocycles. The summed E-state index contributed by atoms with van der Waals surface area (Å²) in [7, 11) is 0. The molecule has 3 unspecified atom stereocenters. The molecule has 0 amide bonds. The maximum Gasteiger partial charge on any atom is 0.192 e. The highest BCUT2D eigenvalue weighted by molar-refractivity contribution is 7.15. The van der Waals surface area contributed by atoms with Crippen molar-refractivity contribution >= 4 is 17.1 Å². The van der Waals surface area contributed by atoms with Crippen LogP contribution in [0.5, 0.6) is 0 Å². The molecule has 150 valence electrons. The van der Waals surface area contributed by atoms with E-state index in [1.54, 1.807) is 30.4 Å². The standard InChI is InChI=1S/C23H21FO4S/c1-13-20(25)21(26)22(27)23(28-13)16-4-2-3-14(11-16)12-18-9-10-19(29-18)15-5-7-17(24)8-6-15/h2-11,13,21-23,26-27H,12H2,1H3/t13?,21?,22-,23?/m1/s1. The van der Waals surface area contributed by atoms with Gasteiger partial charge >= 0.3 is 0 Å². The van der Waals surface area contributed by atoms with E-state index >= 15 is 0 Å². The number of halogens is 1. The summed E-state index contributed by atoms with van der Waals surface area (Å²) in [4.78, 5) is 14.0. The lowest BCUT2D eigenvalue weighted by molar-refractivity contribution is -0.181. The molecule has 2 aromatic carbocycles. The molecule has 1 fully saturated rings. The van der Waals surface area contributed by atoms with Gasteiger partial charge in [-0.25, -0.2) is 4.39 Å². The van der Waals surface area contributed by atoms with Crippen LogP contribution in [0.2, 0.25) is 0 Å². The van der Waals surface area contributed by atoms with Gasteiger partial charge in [0.25, 0.3) is 0 Å². The first-order chi connectivity index (χ1) is 13.9. The number of Topliss-reactive ketones (excluding diaryl/α,β-unsaturated/α-hetero) is 1. The average Bonchev–Trinajstić information content (AvgIpc) is 3.18. The Bertz CT molecular complexity index is 1010. The van der Waals surface area contributed by atoms with Crippen LogP contribution in [-0.4, -0.2) is 34.3 Å². The fraction of sp³-hybridized carbons (Fsp3) is 0.261. The first kappa shape index (κ1) is 19.9. The Morgan fingerprint density at radius 3 is 2.59 bits per heavy atom. The highest BCUT2D eigenvalue weighted by atomic mass is 32.1. The van der Waals surface area contributed by atoms with Gasteiger partial charge in [-0.2, -0.15) is 0 Å². The van der Waals surface area contributed by atoms with Gasteiger partial charge in [0.05, 0.1) is 0 Å². The van der Waals surface area contributed by atoms with E-state index in [0.29, 0.717) is 6.42 Å². The van der Waals surface area contributed by atoms with Gasteiger partial charge in [0.1, 0.15) is 30.2 Å². The molecule has 0 spiro atoms. The molecular weight excluding hydrogens is 391 g/mol. The molecule has 4 rings (SSSR count). The predicted molar refractivity (Wildman–Crippen MR) is 109 cm³/mol. The number of thiophene rings is 1. The number of benzene rings is 2. The number of hydrogen-bond acceptors (Lipinski definition) is 5. The maximum atomic E-state index is 13.1. The number of ether oxygens (including phenoxy) is 1. The number of hydrogen-bond donors (Lipinski definition) is 2. The molecule has 1 aliphatic heterocycles. The van der Waals surface area contributed by atoms with E-state index in [9.17, 15) is 19.4 Å². The third-order valence-corrected chi connectivity index (χ3v) is 6.26. The minimum atomic E-state index is -1.44. The van der Waals surface area contributed by atoms with Crippen molar-refractivity contribution in [3.05, 3.63) is 82.5 Å². The molecule has 29 heavy (non-hydrogen) atoms. The molecule has 1 saturated heterocycles. The van der Waals surface area contributed by atoms with Crippen LogP contribution in [0.4, 0.5) is 4.39 Å². The lowest BCUT2D eigenvalue weighted by Crippen LogP contribution is -2.50. The third-order valence-electron chi connectivity index (χ3n) is 5.12. The zero-order valence-electron chi connectivity index (χ0n) is 15.8. The monoisotopic (exact) mass is 412 g/mol. The van der Waals surface area contributed by atoms with Crippen molar-refractivity contribution in [2.45, 2.75) is 37.8 Å². The van der Waals surface area contributed by atoms with Crippen molar-refractivity contribution < 1.29 is 24.1 Å². The van der Waals surface area contributed by atoms with Gasteiger partial charge in [0, 0.05) is 16.2 Å². The van der Waals surface area contributed by atoms with Crippen molar-refractivity contribution in [2.75, 3.05) is 0 Å². The molecule has 1 aromatic heterocycles. The van der Waals surface area contributed by atoms with E-state index in [1.807, 2.05) is 36.4 Å². The predicted octanol–water partition coefficient (Wildman–Crippen LogP) is 3.90. The maximum absolute atomic E-state index is 13.1. The molecular formula is C23H21FO4S. The number of ketones is 1. The first-order valence-corrected chi connectivity index (χ1v) is 10.2. The van der Waals surface area contributed by atoms with Crippen molar-refractivity contribution in [1.82, 2.24) is 0 Å². The van der Waals surface area contributed by atoms with E-state index in [0.717, 1.165) is 26.4 Å². The molecule has 0 radical (unpaired) electrons. The van der Waals surface area contributed by atoms with Gasteiger partial charge in [0.2, 0.25) is 0 Å². The summed E-state index contributed by atoms with van der Waals surface area (Å²) in [6.07, 6.45) is -3.56. The van der Waals surface area contributed by atoms with Crippen LogP contribution in [-0.2, 0) is 16.0 Å². The van der Waals surface area contributed by atoms with Crippen LogP contribution < -0.4 is 0 Å². The Hall–Kier alpha value is -2.38. The second kappa shape index (κ2) is 8.16. The Balaban J connectivity index is 1.53. The Kier molecular flexibility index (Phi) is 5.61. The fourth-order valence-electron chi connectivity index (χ4n) is 3.54. The van der Waals surface area contributed by atoms with Crippen molar-refractivity contribution in [3.63, 3.8) is 0 Å². The summed E-state index contributed by atoms with van der Waals surface area (Å²) < 4.78 is 18.8.